The number of hydrogen-bond donors (Lipinski definition) is 0. The Bertz CT molecular complexity index is 748. The molecular formula is C20H23BrFN3O. The number of hydrogen-bond acceptors (Lipinski definition) is 3. The van der Waals surface area contributed by atoms with Gasteiger partial charge in [0.25, 0.3) is 5.91 Å². The number of aromatic nitrogens is 1. The van der Waals surface area contributed by atoms with Gasteiger partial charge < -0.3 is 9.80 Å². The molecule has 1 amide bonds. The van der Waals surface area contributed by atoms with Gasteiger partial charge in [0.15, 0.2) is 0 Å². The monoisotopic (exact) mass is 419 g/mol. The molecule has 0 spiro atoms. The average molecular weight is 420 g/mol. The van der Waals surface area contributed by atoms with E-state index >= 15 is 0 Å². The summed E-state index contributed by atoms with van der Waals surface area (Å²) in [5, 5.41) is 0. The van der Waals surface area contributed by atoms with Crippen LogP contribution in [0, 0.1) is 5.82 Å². The van der Waals surface area contributed by atoms with Crippen LogP contribution in [-0.4, -0.2) is 53.4 Å². The van der Waals surface area contributed by atoms with Crippen LogP contribution in [0.2, 0.25) is 0 Å². The van der Waals surface area contributed by atoms with Crippen molar-refractivity contribution in [1.29, 1.82) is 0 Å². The molecular weight excluding hydrogens is 397 g/mol. The van der Waals surface area contributed by atoms with Crippen LogP contribution in [0.15, 0.2) is 47.1 Å². The first-order valence-electron chi connectivity index (χ1n) is 8.89. The van der Waals surface area contributed by atoms with E-state index in [0.717, 1.165) is 44.6 Å². The minimum absolute atomic E-state index is 0.136. The zero-order chi connectivity index (χ0) is 18.5. The molecule has 26 heavy (non-hydrogen) atoms. The van der Waals surface area contributed by atoms with Gasteiger partial charge in [0.1, 0.15) is 5.82 Å². The standard InChI is InChI=1S/C20H23BrFN3O/c1-24(20(26)18-14-15(22)5-6-19(18)21)17-8-12-25(13-9-17)11-7-16-4-2-3-10-23-16/h2-6,10,14,17H,7-9,11-13H2,1H3. The molecule has 138 valence electrons. The Morgan fingerprint density at radius 2 is 2.08 bits per heavy atom. The minimum Gasteiger partial charge on any atom is -0.339 e. The number of carbonyl (C=O) groups is 1. The fraction of sp³-hybridized carbons (Fsp3) is 0.400. The molecule has 6 heteroatoms. The molecule has 2 aromatic rings. The van der Waals surface area contributed by atoms with E-state index in [0.29, 0.717) is 10.0 Å². The molecule has 0 radical (unpaired) electrons. The zero-order valence-corrected chi connectivity index (χ0v) is 16.5. The summed E-state index contributed by atoms with van der Waals surface area (Å²) in [6.45, 7) is 2.90. The Hall–Kier alpha value is -1.79. The predicted octanol–water partition coefficient (Wildman–Crippen LogP) is 3.76. The summed E-state index contributed by atoms with van der Waals surface area (Å²) in [6, 6.07) is 10.4. The summed E-state index contributed by atoms with van der Waals surface area (Å²) in [7, 11) is 1.81. The van der Waals surface area contributed by atoms with Gasteiger partial charge in [-0.3, -0.25) is 9.78 Å². The average Bonchev–Trinajstić information content (AvgIpc) is 2.68. The minimum atomic E-state index is -0.394. The van der Waals surface area contributed by atoms with Gasteiger partial charge in [0.2, 0.25) is 0 Å². The summed E-state index contributed by atoms with van der Waals surface area (Å²) in [5.74, 6) is -0.530. The maximum Gasteiger partial charge on any atom is 0.255 e. The largest absolute Gasteiger partial charge is 0.339 e. The lowest BCUT2D eigenvalue weighted by atomic mass is 10.0. The van der Waals surface area contributed by atoms with E-state index in [9.17, 15) is 9.18 Å². The second-order valence-corrected chi connectivity index (χ2v) is 7.54. The third-order valence-electron chi connectivity index (χ3n) is 4.99. The SMILES string of the molecule is CN(C(=O)c1cc(F)ccc1Br)C1CCN(CCc2ccccn2)CC1. The number of benzene rings is 1. The van der Waals surface area contributed by atoms with E-state index in [1.807, 2.05) is 25.4 Å². The van der Waals surface area contributed by atoms with Crippen molar-refractivity contribution in [3.8, 4) is 0 Å². The second-order valence-electron chi connectivity index (χ2n) is 6.68. The highest BCUT2D eigenvalue weighted by molar-refractivity contribution is 9.10. The van der Waals surface area contributed by atoms with E-state index in [-0.39, 0.29) is 11.9 Å². The van der Waals surface area contributed by atoms with E-state index in [2.05, 4.69) is 31.9 Å². The highest BCUT2D eigenvalue weighted by atomic mass is 79.9. The van der Waals surface area contributed by atoms with Crippen LogP contribution >= 0.6 is 15.9 Å². The number of piperidine rings is 1. The van der Waals surface area contributed by atoms with Crippen molar-refractivity contribution in [1.82, 2.24) is 14.8 Å². The van der Waals surface area contributed by atoms with E-state index < -0.39 is 5.82 Å². The lowest BCUT2D eigenvalue weighted by Crippen LogP contribution is -2.46. The zero-order valence-electron chi connectivity index (χ0n) is 14.9. The smallest absolute Gasteiger partial charge is 0.255 e. The maximum atomic E-state index is 13.5. The van der Waals surface area contributed by atoms with Crippen LogP contribution in [-0.2, 0) is 6.42 Å². The first kappa shape index (κ1) is 19.0. The first-order chi connectivity index (χ1) is 12.5. The fourth-order valence-electron chi connectivity index (χ4n) is 3.37. The van der Waals surface area contributed by atoms with Crippen molar-refractivity contribution in [2.75, 3.05) is 26.7 Å². The van der Waals surface area contributed by atoms with E-state index in [4.69, 9.17) is 0 Å². The van der Waals surface area contributed by atoms with Gasteiger partial charge in [-0.1, -0.05) is 6.07 Å². The number of carbonyl (C=O) groups excluding carboxylic acids is 1. The Morgan fingerprint density at radius 1 is 1.31 bits per heavy atom. The summed E-state index contributed by atoms with van der Waals surface area (Å²) < 4.78 is 14.1. The Balaban J connectivity index is 1.52. The van der Waals surface area contributed by atoms with Crippen molar-refractivity contribution in [3.63, 3.8) is 0 Å². The molecule has 0 unspecified atom stereocenters. The molecule has 1 fully saturated rings. The molecule has 3 rings (SSSR count). The van der Waals surface area contributed by atoms with Crippen LogP contribution in [0.4, 0.5) is 4.39 Å². The number of pyridine rings is 1. The van der Waals surface area contributed by atoms with Crippen molar-refractivity contribution < 1.29 is 9.18 Å². The van der Waals surface area contributed by atoms with Crippen LogP contribution in [0.1, 0.15) is 28.9 Å². The maximum absolute atomic E-state index is 13.5. The molecule has 1 aliphatic heterocycles. The highest BCUT2D eigenvalue weighted by Gasteiger charge is 2.27. The first-order valence-corrected chi connectivity index (χ1v) is 9.68. The van der Waals surface area contributed by atoms with Gasteiger partial charge in [0.05, 0.1) is 5.56 Å². The molecule has 1 aromatic heterocycles. The van der Waals surface area contributed by atoms with Crippen molar-refractivity contribution in [2.24, 2.45) is 0 Å². The van der Waals surface area contributed by atoms with Gasteiger partial charge in [-0.15, -0.1) is 0 Å². The van der Waals surface area contributed by atoms with Gasteiger partial charge in [0, 0.05) is 55.5 Å². The van der Waals surface area contributed by atoms with Crippen molar-refractivity contribution in [3.05, 3.63) is 64.1 Å². The Labute approximate surface area is 162 Å². The molecule has 2 heterocycles. The molecule has 1 aliphatic rings. The lowest BCUT2D eigenvalue weighted by Gasteiger charge is -2.36. The van der Waals surface area contributed by atoms with Crippen LogP contribution in [0.25, 0.3) is 0 Å². The van der Waals surface area contributed by atoms with E-state index in [1.165, 1.54) is 12.1 Å². The normalized spacial score (nSPS) is 15.8. The Kier molecular flexibility index (Phi) is 6.38. The fourth-order valence-corrected chi connectivity index (χ4v) is 3.78. The van der Waals surface area contributed by atoms with Crippen molar-refractivity contribution >= 4 is 21.8 Å². The van der Waals surface area contributed by atoms with Gasteiger partial charge in [-0.25, -0.2) is 4.39 Å². The molecule has 0 N–H and O–H groups in total. The summed E-state index contributed by atoms with van der Waals surface area (Å²) >= 11 is 3.35. The third-order valence-corrected chi connectivity index (χ3v) is 5.69. The van der Waals surface area contributed by atoms with E-state index in [1.54, 1.807) is 11.0 Å². The number of likely N-dealkylation sites (tertiary alicyclic amines) is 1. The third kappa shape index (κ3) is 4.68. The topological polar surface area (TPSA) is 36.4 Å². The second kappa shape index (κ2) is 8.73. The number of halogens is 2. The summed E-state index contributed by atoms with van der Waals surface area (Å²) in [6.07, 6.45) is 4.62. The molecule has 4 nitrogen and oxygen atoms in total. The summed E-state index contributed by atoms with van der Waals surface area (Å²) in [5.41, 5.74) is 1.49. The van der Waals surface area contributed by atoms with Crippen LogP contribution in [0.3, 0.4) is 0 Å². The number of amides is 1. The van der Waals surface area contributed by atoms with Gasteiger partial charge >= 0.3 is 0 Å². The predicted molar refractivity (Wildman–Crippen MR) is 104 cm³/mol. The van der Waals surface area contributed by atoms with Crippen LogP contribution in [0.5, 0.6) is 0 Å². The molecule has 0 saturated carbocycles. The van der Waals surface area contributed by atoms with Gasteiger partial charge in [-0.05, 0) is 59.1 Å². The Morgan fingerprint density at radius 3 is 2.77 bits per heavy atom. The highest BCUT2D eigenvalue weighted by Crippen LogP contribution is 2.23. The molecule has 1 aromatic carbocycles. The number of rotatable bonds is 5. The van der Waals surface area contributed by atoms with Crippen LogP contribution < -0.4 is 0 Å². The molecule has 1 saturated heterocycles. The van der Waals surface area contributed by atoms with Gasteiger partial charge in [-0.2, -0.15) is 0 Å². The lowest BCUT2D eigenvalue weighted by molar-refractivity contribution is 0.0642. The van der Waals surface area contributed by atoms with Crippen molar-refractivity contribution in [2.45, 2.75) is 25.3 Å². The molecule has 0 bridgehead atoms. The quantitative estimate of drug-likeness (QED) is 0.739. The summed E-state index contributed by atoms with van der Waals surface area (Å²) in [4.78, 5) is 21.3. The molecule has 0 aliphatic carbocycles. The number of nitrogens with zero attached hydrogens (tertiary/aromatic N) is 3. The molecule has 0 atom stereocenters.